The number of carbonyl (C=O) groups is 1. The van der Waals surface area contributed by atoms with E-state index in [1.54, 1.807) is 0 Å². The molecule has 0 aromatic rings. The number of ether oxygens (including phenoxy) is 2. The van der Waals surface area contributed by atoms with Crippen LogP contribution in [0.1, 0.15) is 219 Å². The number of aliphatic hydroxyl groups excluding tert-OH is 5. The fourth-order valence-electron chi connectivity index (χ4n) is 8.15. The zero-order valence-electron chi connectivity index (χ0n) is 42.6. The summed E-state index contributed by atoms with van der Waals surface area (Å²) >= 11 is 0. The average Bonchev–Trinajstić information content (AvgIpc) is 3.32. The first-order valence-electron chi connectivity index (χ1n) is 27.1. The van der Waals surface area contributed by atoms with Crippen molar-refractivity contribution in [2.24, 2.45) is 0 Å². The second-order valence-electron chi connectivity index (χ2n) is 18.7. The van der Waals surface area contributed by atoms with Gasteiger partial charge in [-0.25, -0.2) is 4.57 Å². The highest BCUT2D eigenvalue weighted by atomic mass is 31.2. The summed E-state index contributed by atoms with van der Waals surface area (Å²) in [6.45, 7) is 4.17. The molecular formula is C55H99O12P. The van der Waals surface area contributed by atoms with E-state index in [4.69, 9.17) is 18.5 Å². The van der Waals surface area contributed by atoms with Crippen molar-refractivity contribution < 1.29 is 58.3 Å². The van der Waals surface area contributed by atoms with Gasteiger partial charge in [-0.15, -0.1) is 0 Å². The second-order valence-corrected chi connectivity index (χ2v) is 20.1. The highest BCUT2D eigenvalue weighted by molar-refractivity contribution is 7.47. The van der Waals surface area contributed by atoms with E-state index in [1.165, 1.54) is 96.3 Å². The third kappa shape index (κ3) is 36.0. The van der Waals surface area contributed by atoms with E-state index >= 15 is 0 Å². The van der Waals surface area contributed by atoms with Gasteiger partial charge in [-0.1, -0.05) is 216 Å². The lowest BCUT2D eigenvalue weighted by molar-refractivity contribution is -0.220. The molecule has 6 N–H and O–H groups in total. The summed E-state index contributed by atoms with van der Waals surface area (Å²) in [4.78, 5) is 23.3. The monoisotopic (exact) mass is 983 g/mol. The van der Waals surface area contributed by atoms with Gasteiger partial charge in [0.15, 0.2) is 0 Å². The summed E-state index contributed by atoms with van der Waals surface area (Å²) in [5.74, 6) is -0.487. The Morgan fingerprint density at radius 3 is 1.32 bits per heavy atom. The summed E-state index contributed by atoms with van der Waals surface area (Å²) in [5, 5.41) is 50.4. The van der Waals surface area contributed by atoms with Crippen LogP contribution in [-0.2, 0) is 27.9 Å². The normalized spacial score (nSPS) is 21.6. The molecule has 1 aliphatic carbocycles. The zero-order valence-corrected chi connectivity index (χ0v) is 43.5. The molecule has 1 saturated carbocycles. The van der Waals surface area contributed by atoms with Crippen molar-refractivity contribution in [2.75, 3.05) is 19.8 Å². The van der Waals surface area contributed by atoms with Crippen molar-refractivity contribution in [1.82, 2.24) is 0 Å². The minimum atomic E-state index is -5.03. The van der Waals surface area contributed by atoms with Gasteiger partial charge in [0.2, 0.25) is 0 Å². The van der Waals surface area contributed by atoms with Crippen LogP contribution >= 0.6 is 7.82 Å². The number of rotatable bonds is 46. The molecule has 1 aliphatic rings. The van der Waals surface area contributed by atoms with Crippen LogP contribution in [0.2, 0.25) is 0 Å². The number of phosphoric ester groups is 1. The number of hydrogen-bond acceptors (Lipinski definition) is 11. The first kappa shape index (κ1) is 64.1. The number of unbranched alkanes of at least 4 members (excludes halogenated alkanes) is 24. The maximum atomic E-state index is 12.9. The van der Waals surface area contributed by atoms with Crippen molar-refractivity contribution >= 4 is 13.8 Å². The van der Waals surface area contributed by atoms with Gasteiger partial charge in [-0.05, 0) is 57.8 Å². The Balaban J connectivity index is 2.33. The van der Waals surface area contributed by atoms with Gasteiger partial charge >= 0.3 is 13.8 Å². The molecular weight excluding hydrogens is 884 g/mol. The maximum Gasteiger partial charge on any atom is 0.472 e. The molecule has 1 rings (SSSR count). The van der Waals surface area contributed by atoms with Gasteiger partial charge in [0.1, 0.15) is 42.7 Å². The van der Waals surface area contributed by atoms with E-state index in [0.717, 1.165) is 96.3 Å². The van der Waals surface area contributed by atoms with Crippen LogP contribution < -0.4 is 0 Å². The summed E-state index contributed by atoms with van der Waals surface area (Å²) < 4.78 is 34.3. The summed E-state index contributed by atoms with van der Waals surface area (Å²) in [5.41, 5.74) is 0. The fourth-order valence-corrected chi connectivity index (χ4v) is 9.12. The van der Waals surface area contributed by atoms with Crippen molar-refractivity contribution in [3.8, 4) is 0 Å². The van der Waals surface area contributed by atoms with E-state index in [1.807, 2.05) is 0 Å². The first-order valence-corrected chi connectivity index (χ1v) is 28.6. The zero-order chi connectivity index (χ0) is 49.8. The molecule has 0 aliphatic heterocycles. The fraction of sp³-hybridized carbons (Fsp3) is 0.800. The second kappa shape index (κ2) is 44.9. The first-order chi connectivity index (χ1) is 33.0. The molecule has 13 heteroatoms. The van der Waals surface area contributed by atoms with Crippen molar-refractivity contribution in [2.45, 2.75) is 262 Å². The molecule has 0 amide bonds. The highest BCUT2D eigenvalue weighted by Crippen LogP contribution is 2.47. The minimum absolute atomic E-state index is 0.0807. The smallest absolute Gasteiger partial charge is 0.457 e. The Morgan fingerprint density at radius 2 is 0.868 bits per heavy atom. The molecule has 0 heterocycles. The summed E-state index contributed by atoms with van der Waals surface area (Å²) in [6.07, 6.45) is 45.7. The molecule has 0 aromatic carbocycles. The average molecular weight is 983 g/mol. The van der Waals surface area contributed by atoms with E-state index in [0.29, 0.717) is 13.0 Å². The largest absolute Gasteiger partial charge is 0.472 e. The van der Waals surface area contributed by atoms with Crippen LogP contribution in [0.5, 0.6) is 0 Å². The van der Waals surface area contributed by atoms with E-state index in [9.17, 15) is 39.8 Å². The van der Waals surface area contributed by atoms with Crippen LogP contribution in [0.3, 0.4) is 0 Å². The Bertz CT molecular complexity index is 1350. The lowest BCUT2D eigenvalue weighted by Gasteiger charge is -2.41. The maximum absolute atomic E-state index is 12.9. The Labute approximate surface area is 413 Å². The third-order valence-corrected chi connectivity index (χ3v) is 13.4. The van der Waals surface area contributed by atoms with Crippen molar-refractivity contribution in [3.05, 3.63) is 60.8 Å². The number of phosphoric acid groups is 1. The Kier molecular flexibility index (Phi) is 42.3. The van der Waals surface area contributed by atoms with Crippen LogP contribution in [-0.4, -0.2) is 98.9 Å². The van der Waals surface area contributed by atoms with Gasteiger partial charge in [0.05, 0.1) is 13.2 Å². The van der Waals surface area contributed by atoms with Crippen molar-refractivity contribution in [1.29, 1.82) is 0 Å². The van der Waals surface area contributed by atoms with Crippen LogP contribution in [0.15, 0.2) is 60.8 Å². The molecule has 0 saturated heterocycles. The van der Waals surface area contributed by atoms with E-state index in [2.05, 4.69) is 74.6 Å². The van der Waals surface area contributed by atoms with Gasteiger partial charge < -0.3 is 39.9 Å². The van der Waals surface area contributed by atoms with Gasteiger partial charge in [0, 0.05) is 13.0 Å². The molecule has 0 bridgehead atoms. The standard InChI is InChI=1S/C55H99O12P/c1-3-5-7-9-11-13-15-17-19-21-23-24-25-26-27-28-30-32-34-36-38-40-42-44-49(56)66-48(47-65-68(62,63)67-55-53(60)51(58)50(57)52(59)54(55)61)46-64-45-43-41-39-37-35-33-31-29-22-20-18-16-14-12-10-8-6-4-2/h5,7,11,13,17,19,23-24,26-27,48,50-55,57-61H,3-4,6,8-10,12,14-16,18,20-22,25,28-47H2,1-2H3,(H,62,63)/b7-5-,13-11-,19-17-,24-23-,27-26-. The van der Waals surface area contributed by atoms with Gasteiger partial charge in [-0.3, -0.25) is 13.8 Å². The molecule has 0 aromatic heterocycles. The lowest BCUT2D eigenvalue weighted by Crippen LogP contribution is -2.64. The summed E-state index contributed by atoms with van der Waals surface area (Å²) in [6, 6.07) is 0. The topological polar surface area (TPSA) is 192 Å². The van der Waals surface area contributed by atoms with Crippen molar-refractivity contribution in [3.63, 3.8) is 0 Å². The van der Waals surface area contributed by atoms with Crippen LogP contribution in [0.4, 0.5) is 0 Å². The van der Waals surface area contributed by atoms with Crippen LogP contribution in [0.25, 0.3) is 0 Å². The molecule has 68 heavy (non-hydrogen) atoms. The molecule has 1 fully saturated rings. The molecule has 0 spiro atoms. The molecule has 0 radical (unpaired) electrons. The number of hydrogen-bond donors (Lipinski definition) is 6. The SMILES string of the molecule is CC/C=C\C/C=C\C/C=C\C/C=C\C/C=C\CCCCCCCCCC(=O)OC(COCCCCCCCCCCCCCCCCCCCC)COP(=O)(O)OC1C(O)C(O)C(O)C(O)C1O. The number of esters is 1. The number of carbonyl (C=O) groups excluding carboxylic acids is 1. The highest BCUT2D eigenvalue weighted by Gasteiger charge is 2.51. The molecule has 12 nitrogen and oxygen atoms in total. The molecule has 6 atom stereocenters. The summed E-state index contributed by atoms with van der Waals surface area (Å²) in [7, 11) is -5.03. The van der Waals surface area contributed by atoms with Gasteiger partial charge in [-0.2, -0.15) is 0 Å². The molecule has 6 unspecified atom stereocenters. The molecule has 396 valence electrons. The van der Waals surface area contributed by atoms with Crippen LogP contribution in [0, 0.1) is 0 Å². The Hall–Kier alpha value is -1.96. The number of aliphatic hydroxyl groups is 5. The third-order valence-electron chi connectivity index (χ3n) is 12.4. The predicted octanol–water partition coefficient (Wildman–Crippen LogP) is 12.5. The lowest BCUT2D eigenvalue weighted by atomic mass is 9.85. The predicted molar refractivity (Wildman–Crippen MR) is 276 cm³/mol. The van der Waals surface area contributed by atoms with E-state index in [-0.39, 0.29) is 13.0 Å². The van der Waals surface area contributed by atoms with Gasteiger partial charge in [0.25, 0.3) is 0 Å². The number of allylic oxidation sites excluding steroid dienone is 10. The minimum Gasteiger partial charge on any atom is -0.457 e. The quantitative estimate of drug-likeness (QED) is 0.0147. The Morgan fingerprint density at radius 1 is 0.485 bits per heavy atom. The van der Waals surface area contributed by atoms with E-state index < -0.39 is 63.1 Å².